The fourth-order valence-electron chi connectivity index (χ4n) is 3.24. The summed E-state index contributed by atoms with van der Waals surface area (Å²) in [5.74, 6) is 1.58. The summed E-state index contributed by atoms with van der Waals surface area (Å²) < 4.78 is 11.7. The second-order valence-corrected chi connectivity index (χ2v) is 7.10. The van der Waals surface area contributed by atoms with Gasteiger partial charge in [-0.05, 0) is 25.1 Å². The third-order valence-electron chi connectivity index (χ3n) is 4.58. The number of pyridine rings is 1. The van der Waals surface area contributed by atoms with E-state index in [1.165, 1.54) is 6.20 Å². The smallest absolute Gasteiger partial charge is 0.329 e. The first-order chi connectivity index (χ1) is 12.4. The topological polar surface area (TPSA) is 80.8 Å². The van der Waals surface area contributed by atoms with Gasteiger partial charge in [0.25, 0.3) is 5.91 Å². The summed E-state index contributed by atoms with van der Waals surface area (Å²) in [4.78, 5) is 29.3. The quantitative estimate of drug-likeness (QED) is 0.858. The van der Waals surface area contributed by atoms with E-state index in [9.17, 15) is 9.59 Å². The van der Waals surface area contributed by atoms with E-state index in [1.807, 2.05) is 18.2 Å². The van der Waals surface area contributed by atoms with Gasteiger partial charge >= 0.3 is 6.03 Å². The molecule has 7 nitrogen and oxygen atoms in total. The first kappa shape index (κ1) is 16.4. The summed E-state index contributed by atoms with van der Waals surface area (Å²) >= 11 is 0. The number of aromatic nitrogens is 1. The number of nitrogens with one attached hydrogen (secondary N) is 1. The minimum absolute atomic E-state index is 0.151. The van der Waals surface area contributed by atoms with Crippen LogP contribution in [0.2, 0.25) is 0 Å². The van der Waals surface area contributed by atoms with E-state index < -0.39 is 12.1 Å². The highest BCUT2D eigenvalue weighted by Gasteiger charge is 2.37. The number of nitrogens with zero attached hydrogens (tertiary/aromatic N) is 2. The molecule has 2 aromatic rings. The molecule has 1 aromatic carbocycles. The molecule has 0 bridgehead atoms. The Morgan fingerprint density at radius 2 is 2.08 bits per heavy atom. The molecule has 4 rings (SSSR count). The summed E-state index contributed by atoms with van der Waals surface area (Å²) in [7, 11) is 0. The standard InChI is InChI=1S/C19H19N3O4/c1-11-17(23)22(18(24)21-11)12-7-8-15(20-9-12)26-14-6-4-5-13-16(14)19(2,3)10-25-13/h4-9,11H,10H2,1-3H3,(H,21,24)/t11-/m1/s1. The maximum atomic E-state index is 12.1. The van der Waals surface area contributed by atoms with Gasteiger partial charge in [-0.3, -0.25) is 4.79 Å². The van der Waals surface area contributed by atoms with Crippen LogP contribution in [-0.2, 0) is 10.2 Å². The van der Waals surface area contributed by atoms with Crippen molar-refractivity contribution in [3.05, 3.63) is 42.1 Å². The highest BCUT2D eigenvalue weighted by atomic mass is 16.5. The Bertz CT molecular complexity index is 892. The molecule has 3 heterocycles. The Labute approximate surface area is 150 Å². The van der Waals surface area contributed by atoms with Crippen molar-refractivity contribution in [2.45, 2.75) is 32.2 Å². The molecule has 1 aromatic heterocycles. The van der Waals surface area contributed by atoms with Gasteiger partial charge in [0, 0.05) is 17.0 Å². The predicted molar refractivity (Wildman–Crippen MR) is 94.8 cm³/mol. The van der Waals surface area contributed by atoms with Crippen molar-refractivity contribution in [2.75, 3.05) is 11.5 Å². The van der Waals surface area contributed by atoms with E-state index in [4.69, 9.17) is 9.47 Å². The maximum Gasteiger partial charge on any atom is 0.329 e. The van der Waals surface area contributed by atoms with Gasteiger partial charge in [-0.2, -0.15) is 0 Å². The van der Waals surface area contributed by atoms with Crippen molar-refractivity contribution in [1.82, 2.24) is 10.3 Å². The lowest BCUT2D eigenvalue weighted by Gasteiger charge is -2.19. The first-order valence-corrected chi connectivity index (χ1v) is 8.41. The summed E-state index contributed by atoms with van der Waals surface area (Å²) in [6, 6.07) is 7.98. The lowest BCUT2D eigenvalue weighted by Crippen LogP contribution is -2.30. The fraction of sp³-hybridized carbons (Fsp3) is 0.316. The van der Waals surface area contributed by atoms with Crippen LogP contribution in [0, 0.1) is 0 Å². The molecule has 3 amide bonds. The third kappa shape index (κ3) is 2.56. The molecule has 1 fully saturated rings. The number of urea groups is 1. The normalized spacial score (nSPS) is 20.6. The third-order valence-corrected chi connectivity index (χ3v) is 4.58. The molecule has 26 heavy (non-hydrogen) atoms. The molecule has 2 aliphatic rings. The van der Waals surface area contributed by atoms with Gasteiger partial charge in [-0.1, -0.05) is 19.9 Å². The van der Waals surface area contributed by atoms with Gasteiger partial charge in [0.05, 0.1) is 18.5 Å². The molecule has 0 aliphatic carbocycles. The molecule has 2 aliphatic heterocycles. The summed E-state index contributed by atoms with van der Waals surface area (Å²) in [5.41, 5.74) is 1.27. The number of hydrogen-bond acceptors (Lipinski definition) is 5. The van der Waals surface area contributed by atoms with Crippen molar-refractivity contribution >= 4 is 17.6 Å². The van der Waals surface area contributed by atoms with Crippen LogP contribution in [-0.4, -0.2) is 29.6 Å². The second kappa shape index (κ2) is 5.72. The average Bonchev–Trinajstić information content (AvgIpc) is 3.05. The predicted octanol–water partition coefficient (Wildman–Crippen LogP) is 2.99. The number of carbonyl (C=O) groups is 2. The van der Waals surface area contributed by atoms with E-state index in [-0.39, 0.29) is 11.3 Å². The molecule has 1 atom stereocenters. The van der Waals surface area contributed by atoms with Crippen molar-refractivity contribution in [3.8, 4) is 17.4 Å². The van der Waals surface area contributed by atoms with E-state index in [0.717, 1.165) is 16.2 Å². The van der Waals surface area contributed by atoms with Crippen LogP contribution in [0.4, 0.5) is 10.5 Å². The first-order valence-electron chi connectivity index (χ1n) is 8.41. The van der Waals surface area contributed by atoms with Crippen LogP contribution in [0.3, 0.4) is 0 Å². The molecule has 0 spiro atoms. The van der Waals surface area contributed by atoms with Gasteiger partial charge < -0.3 is 14.8 Å². The van der Waals surface area contributed by atoms with Crippen LogP contribution in [0.25, 0.3) is 0 Å². The fourth-order valence-corrected chi connectivity index (χ4v) is 3.24. The number of fused-ring (bicyclic) bond motifs is 1. The number of carbonyl (C=O) groups excluding carboxylic acids is 2. The van der Waals surface area contributed by atoms with Crippen molar-refractivity contribution in [3.63, 3.8) is 0 Å². The molecule has 0 saturated carbocycles. The zero-order valence-electron chi connectivity index (χ0n) is 14.8. The highest BCUT2D eigenvalue weighted by Crippen LogP contribution is 2.45. The monoisotopic (exact) mass is 353 g/mol. The highest BCUT2D eigenvalue weighted by molar-refractivity contribution is 6.21. The van der Waals surface area contributed by atoms with Crippen molar-refractivity contribution in [2.24, 2.45) is 0 Å². The van der Waals surface area contributed by atoms with Crippen LogP contribution >= 0.6 is 0 Å². The van der Waals surface area contributed by atoms with E-state index in [0.29, 0.717) is 23.9 Å². The molecule has 0 unspecified atom stereocenters. The Morgan fingerprint density at radius 3 is 2.73 bits per heavy atom. The Kier molecular flexibility index (Phi) is 3.61. The number of hydrogen-bond donors (Lipinski definition) is 1. The van der Waals surface area contributed by atoms with Crippen molar-refractivity contribution in [1.29, 1.82) is 0 Å². The summed E-state index contributed by atoms with van der Waals surface area (Å²) in [5, 5.41) is 2.57. The second-order valence-electron chi connectivity index (χ2n) is 7.10. The lowest BCUT2D eigenvalue weighted by atomic mass is 9.86. The number of anilines is 1. The summed E-state index contributed by atoms with van der Waals surface area (Å²) in [6.07, 6.45) is 1.45. The number of rotatable bonds is 3. The van der Waals surface area contributed by atoms with Crippen LogP contribution in [0.5, 0.6) is 17.4 Å². The minimum Gasteiger partial charge on any atom is -0.492 e. The van der Waals surface area contributed by atoms with Crippen LogP contribution < -0.4 is 19.7 Å². The molecular formula is C19H19N3O4. The number of benzene rings is 1. The van der Waals surface area contributed by atoms with Gasteiger partial charge in [0.15, 0.2) is 0 Å². The zero-order valence-corrected chi connectivity index (χ0v) is 14.8. The molecular weight excluding hydrogens is 334 g/mol. The van der Waals surface area contributed by atoms with E-state index in [2.05, 4.69) is 24.1 Å². The molecule has 1 saturated heterocycles. The average molecular weight is 353 g/mol. The van der Waals surface area contributed by atoms with E-state index in [1.54, 1.807) is 19.1 Å². The number of imide groups is 1. The SMILES string of the molecule is C[C@H]1NC(=O)N(c2ccc(Oc3cccc4c3C(C)(C)CO4)nc2)C1=O. The van der Waals surface area contributed by atoms with Gasteiger partial charge in [0.2, 0.25) is 5.88 Å². The zero-order chi connectivity index (χ0) is 18.5. The summed E-state index contributed by atoms with van der Waals surface area (Å²) in [6.45, 7) is 6.44. The number of ether oxygens (including phenoxy) is 2. The van der Waals surface area contributed by atoms with Gasteiger partial charge in [-0.15, -0.1) is 0 Å². The molecule has 7 heteroatoms. The lowest BCUT2D eigenvalue weighted by molar-refractivity contribution is -0.117. The molecule has 134 valence electrons. The van der Waals surface area contributed by atoms with Crippen molar-refractivity contribution < 1.29 is 19.1 Å². The van der Waals surface area contributed by atoms with Gasteiger partial charge in [-0.25, -0.2) is 14.7 Å². The Hall–Kier alpha value is -3.09. The Morgan fingerprint density at radius 1 is 1.27 bits per heavy atom. The molecule has 1 N–H and O–H groups in total. The minimum atomic E-state index is -0.535. The largest absolute Gasteiger partial charge is 0.492 e. The van der Waals surface area contributed by atoms with Gasteiger partial charge in [0.1, 0.15) is 17.5 Å². The molecule has 0 radical (unpaired) electrons. The Balaban J connectivity index is 1.60. The van der Waals surface area contributed by atoms with Crippen LogP contribution in [0.1, 0.15) is 26.3 Å². The van der Waals surface area contributed by atoms with Crippen LogP contribution in [0.15, 0.2) is 36.5 Å². The number of amides is 3. The van der Waals surface area contributed by atoms with E-state index >= 15 is 0 Å². The maximum absolute atomic E-state index is 12.1.